The zero-order chi connectivity index (χ0) is 13.1. The quantitative estimate of drug-likeness (QED) is 0.892. The van der Waals surface area contributed by atoms with E-state index in [1.165, 1.54) is 6.20 Å². The lowest BCUT2D eigenvalue weighted by Gasteiger charge is -2.22. The van der Waals surface area contributed by atoms with Gasteiger partial charge in [0.05, 0.1) is 10.6 Å². The maximum absolute atomic E-state index is 12.5. The lowest BCUT2D eigenvalue weighted by atomic mass is 10.2. The number of rotatable bonds is 5. The summed E-state index contributed by atoms with van der Waals surface area (Å²) in [4.78, 5) is 18.5. The van der Waals surface area contributed by atoms with Gasteiger partial charge in [0, 0.05) is 25.8 Å². The van der Waals surface area contributed by atoms with Crippen LogP contribution in [-0.2, 0) is 0 Å². The second-order valence-electron chi connectivity index (χ2n) is 4.53. The number of nitrogens with zero attached hydrogens (tertiary/aromatic N) is 2. The van der Waals surface area contributed by atoms with Crippen LogP contribution in [0.4, 0.5) is 5.82 Å². The maximum Gasteiger partial charge on any atom is 0.255 e. The van der Waals surface area contributed by atoms with E-state index in [0.29, 0.717) is 22.4 Å². The molecule has 0 aliphatic heterocycles. The first-order valence-electron chi connectivity index (χ1n) is 6.31. The van der Waals surface area contributed by atoms with E-state index in [0.717, 1.165) is 25.8 Å². The average Bonchev–Trinajstić information content (AvgIpc) is 3.20. The van der Waals surface area contributed by atoms with Crippen molar-refractivity contribution in [1.82, 2.24) is 9.88 Å². The molecule has 98 valence electrons. The van der Waals surface area contributed by atoms with Crippen molar-refractivity contribution in [2.24, 2.45) is 0 Å². The first-order valence-corrected chi connectivity index (χ1v) is 6.69. The zero-order valence-corrected chi connectivity index (χ0v) is 11.5. The van der Waals surface area contributed by atoms with E-state index < -0.39 is 0 Å². The standard InChI is InChI=1S/C13H18ClN3O/c1-3-6-17(9-4-5-9)13(18)10-7-12(15-2)16-8-11(10)14/h7-9H,3-6H2,1-2H3,(H,15,16). The molecule has 1 heterocycles. The number of pyridine rings is 1. The van der Waals surface area contributed by atoms with Crippen molar-refractivity contribution in [3.8, 4) is 0 Å². The van der Waals surface area contributed by atoms with Crippen molar-refractivity contribution in [2.75, 3.05) is 18.9 Å². The molecule has 0 bridgehead atoms. The van der Waals surface area contributed by atoms with Crippen LogP contribution in [0.15, 0.2) is 12.3 Å². The van der Waals surface area contributed by atoms with Crippen molar-refractivity contribution in [2.45, 2.75) is 32.2 Å². The van der Waals surface area contributed by atoms with Crippen molar-refractivity contribution in [3.63, 3.8) is 0 Å². The number of nitrogens with one attached hydrogen (secondary N) is 1. The first kappa shape index (κ1) is 13.1. The number of hydrogen-bond acceptors (Lipinski definition) is 3. The van der Waals surface area contributed by atoms with Crippen molar-refractivity contribution in [3.05, 3.63) is 22.8 Å². The summed E-state index contributed by atoms with van der Waals surface area (Å²) in [5.41, 5.74) is 0.538. The second-order valence-corrected chi connectivity index (χ2v) is 4.94. The predicted octanol–water partition coefficient (Wildman–Crippen LogP) is 2.79. The molecule has 2 rings (SSSR count). The van der Waals surface area contributed by atoms with Gasteiger partial charge in [-0.2, -0.15) is 0 Å². The minimum absolute atomic E-state index is 0.0169. The highest BCUT2D eigenvalue weighted by atomic mass is 35.5. The molecule has 0 aromatic carbocycles. The van der Waals surface area contributed by atoms with Crippen LogP contribution in [0.2, 0.25) is 5.02 Å². The van der Waals surface area contributed by atoms with Gasteiger partial charge in [-0.15, -0.1) is 0 Å². The Kier molecular flexibility index (Phi) is 4.07. The number of carbonyl (C=O) groups is 1. The highest BCUT2D eigenvalue weighted by Crippen LogP contribution is 2.30. The molecule has 4 nitrogen and oxygen atoms in total. The highest BCUT2D eigenvalue weighted by Gasteiger charge is 2.33. The summed E-state index contributed by atoms with van der Waals surface area (Å²) < 4.78 is 0. The van der Waals surface area contributed by atoms with E-state index in [4.69, 9.17) is 11.6 Å². The highest BCUT2D eigenvalue weighted by molar-refractivity contribution is 6.33. The van der Waals surface area contributed by atoms with Gasteiger partial charge in [0.1, 0.15) is 5.82 Å². The third kappa shape index (κ3) is 2.75. The number of halogens is 1. The number of aromatic nitrogens is 1. The summed E-state index contributed by atoms with van der Waals surface area (Å²) in [5.74, 6) is 0.679. The normalized spacial score (nSPS) is 14.4. The predicted molar refractivity (Wildman–Crippen MR) is 73.1 cm³/mol. The van der Waals surface area contributed by atoms with Gasteiger partial charge in [0.15, 0.2) is 0 Å². The van der Waals surface area contributed by atoms with Crippen LogP contribution in [-0.4, -0.2) is 35.4 Å². The Morgan fingerprint density at radius 1 is 1.61 bits per heavy atom. The van der Waals surface area contributed by atoms with Crippen LogP contribution >= 0.6 is 11.6 Å². The van der Waals surface area contributed by atoms with E-state index in [1.807, 2.05) is 4.90 Å². The third-order valence-electron chi connectivity index (χ3n) is 3.05. The lowest BCUT2D eigenvalue weighted by molar-refractivity contribution is 0.0743. The Hall–Kier alpha value is -1.29. The van der Waals surface area contributed by atoms with Crippen LogP contribution in [0.5, 0.6) is 0 Å². The molecule has 0 spiro atoms. The molecule has 1 aromatic rings. The van der Waals surface area contributed by atoms with E-state index >= 15 is 0 Å². The van der Waals surface area contributed by atoms with Gasteiger partial charge in [0.2, 0.25) is 0 Å². The first-order chi connectivity index (χ1) is 8.67. The molecule has 1 N–H and O–H groups in total. The Morgan fingerprint density at radius 2 is 2.33 bits per heavy atom. The van der Waals surface area contributed by atoms with Gasteiger partial charge in [0.25, 0.3) is 5.91 Å². The fourth-order valence-electron chi connectivity index (χ4n) is 1.97. The van der Waals surface area contributed by atoms with Gasteiger partial charge < -0.3 is 10.2 Å². The maximum atomic E-state index is 12.5. The van der Waals surface area contributed by atoms with Crippen LogP contribution in [0.3, 0.4) is 0 Å². The molecule has 1 aliphatic rings. The van der Waals surface area contributed by atoms with Gasteiger partial charge in [-0.05, 0) is 25.3 Å². The van der Waals surface area contributed by atoms with Gasteiger partial charge in [-0.1, -0.05) is 18.5 Å². The van der Waals surface area contributed by atoms with Gasteiger partial charge in [-0.3, -0.25) is 4.79 Å². The van der Waals surface area contributed by atoms with Crippen LogP contribution in [0.1, 0.15) is 36.5 Å². The fourth-order valence-corrected chi connectivity index (χ4v) is 2.16. The molecule has 1 aromatic heterocycles. The molecule has 0 atom stereocenters. The summed E-state index contributed by atoms with van der Waals surface area (Å²) >= 11 is 6.08. The van der Waals surface area contributed by atoms with Crippen molar-refractivity contribution >= 4 is 23.3 Å². The topological polar surface area (TPSA) is 45.2 Å². The summed E-state index contributed by atoms with van der Waals surface area (Å²) in [6.45, 7) is 2.87. The Morgan fingerprint density at radius 3 is 2.89 bits per heavy atom. The Balaban J connectivity index is 2.25. The molecule has 0 radical (unpaired) electrons. The molecule has 1 saturated carbocycles. The van der Waals surface area contributed by atoms with Crippen LogP contribution in [0.25, 0.3) is 0 Å². The number of carbonyl (C=O) groups excluding carboxylic acids is 1. The van der Waals surface area contributed by atoms with E-state index in [1.54, 1.807) is 13.1 Å². The molecule has 0 saturated heterocycles. The molecular weight excluding hydrogens is 250 g/mol. The average molecular weight is 268 g/mol. The summed E-state index contributed by atoms with van der Waals surface area (Å²) in [6.07, 6.45) is 4.70. The van der Waals surface area contributed by atoms with Crippen molar-refractivity contribution < 1.29 is 4.79 Å². The molecule has 1 fully saturated rings. The number of hydrogen-bond donors (Lipinski definition) is 1. The third-order valence-corrected chi connectivity index (χ3v) is 3.36. The summed E-state index contributed by atoms with van der Waals surface area (Å²) in [5, 5.41) is 3.34. The minimum Gasteiger partial charge on any atom is -0.373 e. The molecule has 1 amide bonds. The smallest absolute Gasteiger partial charge is 0.255 e. The monoisotopic (exact) mass is 267 g/mol. The van der Waals surface area contributed by atoms with E-state index in [9.17, 15) is 4.79 Å². The van der Waals surface area contributed by atoms with Crippen LogP contribution in [0, 0.1) is 0 Å². The second kappa shape index (κ2) is 5.57. The van der Waals surface area contributed by atoms with Gasteiger partial charge in [-0.25, -0.2) is 4.98 Å². The van der Waals surface area contributed by atoms with E-state index in [2.05, 4.69) is 17.2 Å². The minimum atomic E-state index is 0.0169. The summed E-state index contributed by atoms with van der Waals surface area (Å²) in [7, 11) is 1.77. The molecule has 5 heteroatoms. The lowest BCUT2D eigenvalue weighted by Crippen LogP contribution is -2.34. The molecule has 1 aliphatic carbocycles. The molecular formula is C13H18ClN3O. The molecule has 18 heavy (non-hydrogen) atoms. The zero-order valence-electron chi connectivity index (χ0n) is 10.7. The number of amides is 1. The largest absolute Gasteiger partial charge is 0.373 e. The Bertz CT molecular complexity index is 446. The molecule has 0 unspecified atom stereocenters. The van der Waals surface area contributed by atoms with Gasteiger partial charge >= 0.3 is 0 Å². The SMILES string of the molecule is CCCN(C(=O)c1cc(NC)ncc1Cl)C1CC1. The Labute approximate surface area is 112 Å². The van der Waals surface area contributed by atoms with E-state index in [-0.39, 0.29) is 5.91 Å². The van der Waals surface area contributed by atoms with Crippen molar-refractivity contribution in [1.29, 1.82) is 0 Å². The summed E-state index contributed by atoms with van der Waals surface area (Å²) in [6, 6.07) is 2.12. The van der Waals surface area contributed by atoms with Crippen LogP contribution < -0.4 is 5.32 Å². The fraction of sp³-hybridized carbons (Fsp3) is 0.538. The number of anilines is 1.